The van der Waals surface area contributed by atoms with E-state index in [-0.39, 0.29) is 0 Å². The van der Waals surface area contributed by atoms with Crippen molar-refractivity contribution in [3.8, 4) is 0 Å². The summed E-state index contributed by atoms with van der Waals surface area (Å²) < 4.78 is 5.71. The molecule has 1 N–H and O–H groups in total. The lowest BCUT2D eigenvalue weighted by molar-refractivity contribution is -0.134. The highest BCUT2D eigenvalue weighted by Gasteiger charge is 2.68. The van der Waals surface area contributed by atoms with E-state index in [9.17, 15) is 5.11 Å². The zero-order chi connectivity index (χ0) is 10.1. The third kappa shape index (κ3) is 0.772. The Morgan fingerprint density at radius 2 is 2.00 bits per heavy atom. The topological polar surface area (TPSA) is 29.5 Å². The molecule has 1 heterocycles. The summed E-state index contributed by atoms with van der Waals surface area (Å²) >= 11 is 0. The average Bonchev–Trinajstić information content (AvgIpc) is 2.59. The Balaban J connectivity index is 2.02. The van der Waals surface area contributed by atoms with Crippen LogP contribution in [0.4, 0.5) is 0 Å². The van der Waals surface area contributed by atoms with Gasteiger partial charge in [-0.1, -0.05) is 20.8 Å². The van der Waals surface area contributed by atoms with Crippen LogP contribution in [0.2, 0.25) is 0 Å². The van der Waals surface area contributed by atoms with Crippen LogP contribution in [0, 0.1) is 22.7 Å². The van der Waals surface area contributed by atoms with Crippen molar-refractivity contribution in [2.75, 3.05) is 0 Å². The first-order valence-corrected chi connectivity index (χ1v) is 5.80. The normalized spacial score (nSPS) is 59.1. The van der Waals surface area contributed by atoms with Gasteiger partial charge in [0.25, 0.3) is 0 Å². The highest BCUT2D eigenvalue weighted by molar-refractivity contribution is 5.16. The molecule has 2 aliphatic carbocycles. The summed E-state index contributed by atoms with van der Waals surface area (Å²) in [6, 6.07) is 0. The third-order valence-electron chi connectivity index (χ3n) is 5.68. The lowest BCUT2D eigenvalue weighted by Crippen LogP contribution is -2.37. The molecular weight excluding hydrogens is 176 g/mol. The summed E-state index contributed by atoms with van der Waals surface area (Å²) in [4.78, 5) is 0. The molecule has 2 saturated carbocycles. The molecule has 0 aromatic carbocycles. The first kappa shape index (κ1) is 9.17. The van der Waals surface area contributed by atoms with Gasteiger partial charge in [-0.2, -0.15) is 0 Å². The summed E-state index contributed by atoms with van der Waals surface area (Å²) in [6.07, 6.45) is 3.32. The van der Waals surface area contributed by atoms with Crippen molar-refractivity contribution in [3.63, 3.8) is 0 Å². The van der Waals surface area contributed by atoms with Crippen LogP contribution in [0.25, 0.3) is 0 Å². The van der Waals surface area contributed by atoms with Crippen molar-refractivity contribution in [3.05, 3.63) is 0 Å². The standard InChI is InChI=1S/C12H20O2/c1-11(2)8-4-5-12(11,3)10-7(8)6-9(13)14-10/h7-10,13H,4-6H2,1-3H3/t7-,8-,9+,10-,12?/m1/s1. The predicted molar refractivity (Wildman–Crippen MR) is 53.6 cm³/mol. The molecule has 1 saturated heterocycles. The molecule has 1 unspecified atom stereocenters. The van der Waals surface area contributed by atoms with E-state index in [4.69, 9.17) is 4.74 Å². The first-order valence-electron chi connectivity index (χ1n) is 5.80. The molecule has 3 aliphatic rings. The van der Waals surface area contributed by atoms with Gasteiger partial charge >= 0.3 is 0 Å². The van der Waals surface area contributed by atoms with Crippen LogP contribution in [0.15, 0.2) is 0 Å². The fourth-order valence-electron chi connectivity index (χ4n) is 4.50. The van der Waals surface area contributed by atoms with Crippen LogP contribution in [-0.4, -0.2) is 17.5 Å². The molecule has 0 aromatic rings. The van der Waals surface area contributed by atoms with Crippen LogP contribution >= 0.6 is 0 Å². The Labute approximate surface area is 85.6 Å². The zero-order valence-corrected chi connectivity index (χ0v) is 9.29. The van der Waals surface area contributed by atoms with Crippen molar-refractivity contribution in [2.24, 2.45) is 22.7 Å². The van der Waals surface area contributed by atoms with Crippen molar-refractivity contribution >= 4 is 0 Å². The van der Waals surface area contributed by atoms with Crippen LogP contribution in [0.1, 0.15) is 40.0 Å². The van der Waals surface area contributed by atoms with Crippen LogP contribution < -0.4 is 0 Å². The third-order valence-corrected chi connectivity index (χ3v) is 5.68. The van der Waals surface area contributed by atoms with E-state index in [0.29, 0.717) is 22.9 Å². The number of hydrogen-bond acceptors (Lipinski definition) is 2. The van der Waals surface area contributed by atoms with Gasteiger partial charge in [0, 0.05) is 6.42 Å². The Bertz CT molecular complexity index is 273. The lowest BCUT2D eigenvalue weighted by atomic mass is 9.70. The molecule has 5 atom stereocenters. The average molecular weight is 196 g/mol. The first-order chi connectivity index (χ1) is 6.47. The lowest BCUT2D eigenvalue weighted by Gasteiger charge is -2.38. The van der Waals surface area contributed by atoms with E-state index in [1.165, 1.54) is 12.8 Å². The highest BCUT2D eigenvalue weighted by Crippen LogP contribution is 2.70. The smallest absolute Gasteiger partial charge is 0.155 e. The van der Waals surface area contributed by atoms with E-state index >= 15 is 0 Å². The van der Waals surface area contributed by atoms with Gasteiger partial charge < -0.3 is 9.84 Å². The second-order valence-electron chi connectivity index (χ2n) is 6.20. The second-order valence-corrected chi connectivity index (χ2v) is 6.20. The van der Waals surface area contributed by atoms with Gasteiger partial charge in [-0.05, 0) is 35.5 Å². The number of aliphatic hydroxyl groups excluding tert-OH is 1. The largest absolute Gasteiger partial charge is 0.368 e. The van der Waals surface area contributed by atoms with Gasteiger partial charge in [0.15, 0.2) is 6.29 Å². The van der Waals surface area contributed by atoms with E-state index in [2.05, 4.69) is 20.8 Å². The molecule has 14 heavy (non-hydrogen) atoms. The molecular formula is C12H20O2. The summed E-state index contributed by atoms with van der Waals surface area (Å²) in [5.74, 6) is 1.40. The quantitative estimate of drug-likeness (QED) is 0.643. The van der Waals surface area contributed by atoms with Crippen LogP contribution in [0.5, 0.6) is 0 Å². The predicted octanol–water partition coefficient (Wildman–Crippen LogP) is 2.17. The van der Waals surface area contributed by atoms with Gasteiger partial charge in [0.2, 0.25) is 0 Å². The molecule has 0 spiro atoms. The zero-order valence-electron chi connectivity index (χ0n) is 9.29. The summed E-state index contributed by atoms with van der Waals surface area (Å²) in [5.41, 5.74) is 0.711. The maximum absolute atomic E-state index is 9.56. The molecule has 2 bridgehead atoms. The van der Waals surface area contributed by atoms with Crippen molar-refractivity contribution in [1.82, 2.24) is 0 Å². The van der Waals surface area contributed by atoms with Crippen molar-refractivity contribution in [1.29, 1.82) is 0 Å². The Hall–Kier alpha value is -0.0800. The Morgan fingerprint density at radius 3 is 2.64 bits per heavy atom. The van der Waals surface area contributed by atoms with Gasteiger partial charge in [0.1, 0.15) is 0 Å². The number of rotatable bonds is 0. The van der Waals surface area contributed by atoms with Gasteiger partial charge in [-0.15, -0.1) is 0 Å². The van der Waals surface area contributed by atoms with E-state index in [1.54, 1.807) is 0 Å². The minimum Gasteiger partial charge on any atom is -0.368 e. The fraction of sp³-hybridized carbons (Fsp3) is 1.00. The Kier molecular flexibility index (Phi) is 1.54. The minimum absolute atomic E-state index is 0.305. The molecule has 2 heteroatoms. The summed E-state index contributed by atoms with van der Waals surface area (Å²) in [6.45, 7) is 7.13. The van der Waals surface area contributed by atoms with Crippen molar-refractivity contribution in [2.45, 2.75) is 52.4 Å². The van der Waals surface area contributed by atoms with Crippen molar-refractivity contribution < 1.29 is 9.84 Å². The van der Waals surface area contributed by atoms with Crippen LogP contribution in [0.3, 0.4) is 0 Å². The molecule has 80 valence electrons. The maximum atomic E-state index is 9.56. The van der Waals surface area contributed by atoms with Gasteiger partial charge in [-0.25, -0.2) is 0 Å². The van der Waals surface area contributed by atoms with Gasteiger partial charge in [-0.3, -0.25) is 0 Å². The molecule has 3 fully saturated rings. The SMILES string of the molecule is CC1(C)[C@@H]2CCC1(C)[C@@H]1O[C@H](O)C[C@H]21. The Morgan fingerprint density at radius 1 is 1.29 bits per heavy atom. The minimum atomic E-state index is -0.485. The summed E-state index contributed by atoms with van der Waals surface area (Å²) in [7, 11) is 0. The number of ether oxygens (including phenoxy) is 1. The molecule has 0 radical (unpaired) electrons. The molecule has 3 rings (SSSR count). The second kappa shape index (κ2) is 2.35. The highest BCUT2D eigenvalue weighted by atomic mass is 16.6. The molecule has 0 amide bonds. The number of hydrogen-bond donors (Lipinski definition) is 1. The monoisotopic (exact) mass is 196 g/mol. The van der Waals surface area contributed by atoms with Crippen LogP contribution in [-0.2, 0) is 4.74 Å². The van der Waals surface area contributed by atoms with E-state index in [0.717, 1.165) is 12.3 Å². The van der Waals surface area contributed by atoms with Gasteiger partial charge in [0.05, 0.1) is 6.10 Å². The van der Waals surface area contributed by atoms with E-state index in [1.807, 2.05) is 0 Å². The maximum Gasteiger partial charge on any atom is 0.155 e. The molecule has 2 nitrogen and oxygen atoms in total. The fourth-order valence-corrected chi connectivity index (χ4v) is 4.50. The number of aliphatic hydroxyl groups is 1. The summed E-state index contributed by atoms with van der Waals surface area (Å²) in [5, 5.41) is 9.56. The van der Waals surface area contributed by atoms with E-state index < -0.39 is 6.29 Å². The molecule has 0 aromatic heterocycles. The number of fused-ring (bicyclic) bond motifs is 5. The molecule has 1 aliphatic heterocycles.